The topological polar surface area (TPSA) is 88.4 Å². The van der Waals surface area contributed by atoms with Crippen LogP contribution in [-0.2, 0) is 9.59 Å². The summed E-state index contributed by atoms with van der Waals surface area (Å²) < 4.78 is 1.58. The maximum atomic E-state index is 12.8. The second-order valence-corrected chi connectivity index (χ2v) is 8.80. The number of ketones is 1. The average molecular weight is 457 g/mol. The normalized spacial score (nSPS) is 18.8. The van der Waals surface area contributed by atoms with E-state index in [1.54, 1.807) is 23.8 Å². The van der Waals surface area contributed by atoms with Crippen LogP contribution in [0, 0.1) is 11.8 Å². The van der Waals surface area contributed by atoms with Gasteiger partial charge in [0.15, 0.2) is 5.78 Å². The number of carbonyl (C=O) groups excluding carboxylic acids is 2. The van der Waals surface area contributed by atoms with Gasteiger partial charge in [-0.15, -0.1) is 0 Å². The quantitative estimate of drug-likeness (QED) is 0.344. The van der Waals surface area contributed by atoms with Gasteiger partial charge in [0.2, 0.25) is 0 Å². The van der Waals surface area contributed by atoms with Crippen molar-refractivity contribution in [1.29, 1.82) is 0 Å². The lowest BCUT2D eigenvalue weighted by atomic mass is 9.88. The largest absolute Gasteiger partial charge is 0.481 e. The van der Waals surface area contributed by atoms with Crippen molar-refractivity contribution in [2.24, 2.45) is 11.8 Å². The van der Waals surface area contributed by atoms with Gasteiger partial charge in [-0.25, -0.2) is 4.79 Å². The molecule has 2 atom stereocenters. The Hall–Kier alpha value is -3.93. The number of amides is 1. The zero-order chi connectivity index (χ0) is 24.2. The van der Waals surface area contributed by atoms with E-state index < -0.39 is 17.8 Å². The van der Waals surface area contributed by atoms with E-state index in [0.29, 0.717) is 18.4 Å². The number of benzene rings is 2. The zero-order valence-electron chi connectivity index (χ0n) is 19.3. The number of allylic oxidation sites excluding steroid dienone is 4. The number of para-hydroxylation sites is 1. The molecule has 1 aliphatic carbocycles. The first kappa shape index (κ1) is 23.2. The summed E-state index contributed by atoms with van der Waals surface area (Å²) in [5, 5.41) is 13.2. The highest BCUT2D eigenvalue weighted by Crippen LogP contribution is 2.34. The van der Waals surface area contributed by atoms with Crippen molar-refractivity contribution >= 4 is 39.9 Å². The van der Waals surface area contributed by atoms with Crippen molar-refractivity contribution in [3.63, 3.8) is 0 Å². The molecule has 1 aromatic heterocycles. The molecule has 174 valence electrons. The molecule has 4 rings (SSSR count). The Balaban J connectivity index is 1.50. The number of Topliss-reactive ketones (excluding diaryl/α,β-unsaturated/α-hetero) is 1. The molecule has 3 aromatic rings. The second kappa shape index (κ2) is 9.91. The van der Waals surface area contributed by atoms with Crippen molar-refractivity contribution in [2.75, 3.05) is 5.32 Å². The first-order valence-corrected chi connectivity index (χ1v) is 11.4. The van der Waals surface area contributed by atoms with Gasteiger partial charge >= 0.3 is 12.0 Å². The van der Waals surface area contributed by atoms with Crippen LogP contribution in [0.25, 0.3) is 16.5 Å². The van der Waals surface area contributed by atoms with Crippen LogP contribution in [0.5, 0.6) is 0 Å². The van der Waals surface area contributed by atoms with E-state index in [-0.39, 0.29) is 11.8 Å². The van der Waals surface area contributed by atoms with Gasteiger partial charge in [0, 0.05) is 23.2 Å². The van der Waals surface area contributed by atoms with Gasteiger partial charge < -0.3 is 10.4 Å². The fourth-order valence-corrected chi connectivity index (χ4v) is 4.56. The lowest BCUT2D eigenvalue weighted by molar-refractivity contribution is -0.145. The van der Waals surface area contributed by atoms with Crippen LogP contribution >= 0.6 is 0 Å². The lowest BCUT2D eigenvalue weighted by Gasteiger charge is -2.14. The number of hydrogen-bond donors (Lipinski definition) is 2. The van der Waals surface area contributed by atoms with Crippen molar-refractivity contribution in [2.45, 2.75) is 33.1 Å². The van der Waals surface area contributed by atoms with Crippen LogP contribution < -0.4 is 5.32 Å². The maximum absolute atomic E-state index is 12.8. The number of rotatable bonds is 6. The summed E-state index contributed by atoms with van der Waals surface area (Å²) in [6.07, 6.45) is 7.38. The molecule has 1 amide bonds. The number of anilines is 1. The molecule has 0 aliphatic heterocycles. The maximum Gasteiger partial charge on any atom is 0.330 e. The molecule has 2 N–H and O–H groups in total. The Bertz CT molecular complexity index is 1300. The predicted octanol–water partition coefficient (Wildman–Crippen LogP) is 6.14. The second-order valence-electron chi connectivity index (χ2n) is 8.80. The van der Waals surface area contributed by atoms with E-state index >= 15 is 0 Å². The van der Waals surface area contributed by atoms with Crippen molar-refractivity contribution in [3.8, 4) is 0 Å². The molecule has 2 aromatic carbocycles. The monoisotopic (exact) mass is 456 g/mol. The van der Waals surface area contributed by atoms with Crippen LogP contribution in [0.15, 0.2) is 78.5 Å². The molecule has 0 radical (unpaired) electrons. The summed E-state index contributed by atoms with van der Waals surface area (Å²) in [7, 11) is 0. The highest BCUT2D eigenvalue weighted by atomic mass is 16.4. The molecule has 0 bridgehead atoms. The molecule has 1 heterocycles. The molecular formula is C28H28N2O4. The number of aromatic nitrogens is 1. The van der Waals surface area contributed by atoms with E-state index in [1.807, 2.05) is 67.6 Å². The van der Waals surface area contributed by atoms with Gasteiger partial charge in [-0.05, 0) is 73.7 Å². The minimum absolute atomic E-state index is 0.0779. The van der Waals surface area contributed by atoms with Crippen LogP contribution in [0.3, 0.4) is 0 Å². The number of carbonyl (C=O) groups is 3. The number of hydrogen-bond acceptors (Lipinski definition) is 3. The number of nitrogens with zero attached hydrogens (tertiary/aromatic N) is 1. The van der Waals surface area contributed by atoms with Crippen LogP contribution in [0.1, 0.15) is 38.7 Å². The molecule has 0 spiro atoms. The third-order valence-electron chi connectivity index (χ3n) is 6.53. The first-order chi connectivity index (χ1) is 16.3. The Morgan fingerprint density at radius 2 is 1.71 bits per heavy atom. The molecule has 6 nitrogen and oxygen atoms in total. The highest BCUT2D eigenvalue weighted by Gasteiger charge is 2.37. The number of carboxylic acid groups (broad SMARTS) is 1. The summed E-state index contributed by atoms with van der Waals surface area (Å²) in [6.45, 7) is 3.71. The Morgan fingerprint density at radius 3 is 2.44 bits per heavy atom. The fraction of sp³-hybridized carbons (Fsp3) is 0.250. The van der Waals surface area contributed by atoms with E-state index in [4.69, 9.17) is 0 Å². The number of fused-ring (bicyclic) bond motifs is 1. The summed E-state index contributed by atoms with van der Waals surface area (Å²) in [5.41, 5.74) is 4.05. The summed E-state index contributed by atoms with van der Waals surface area (Å²) in [5.74, 6) is -1.97. The number of aliphatic carboxylic acids is 1. The smallest absolute Gasteiger partial charge is 0.330 e. The van der Waals surface area contributed by atoms with Crippen LogP contribution in [-0.4, -0.2) is 27.5 Å². The van der Waals surface area contributed by atoms with Gasteiger partial charge in [-0.1, -0.05) is 42.8 Å². The van der Waals surface area contributed by atoms with Crippen LogP contribution in [0.2, 0.25) is 0 Å². The van der Waals surface area contributed by atoms with E-state index in [0.717, 1.165) is 34.1 Å². The molecule has 1 aliphatic rings. The van der Waals surface area contributed by atoms with E-state index in [2.05, 4.69) is 5.32 Å². The summed E-state index contributed by atoms with van der Waals surface area (Å²) in [6, 6.07) is 16.8. The fourth-order valence-electron chi connectivity index (χ4n) is 4.56. The van der Waals surface area contributed by atoms with E-state index in [9.17, 15) is 19.5 Å². The third kappa shape index (κ3) is 4.86. The third-order valence-corrected chi connectivity index (χ3v) is 6.53. The van der Waals surface area contributed by atoms with Crippen molar-refractivity contribution in [3.05, 3.63) is 84.1 Å². The minimum Gasteiger partial charge on any atom is -0.481 e. The molecule has 1 saturated carbocycles. The molecule has 6 heteroatoms. The summed E-state index contributed by atoms with van der Waals surface area (Å²) in [4.78, 5) is 36.9. The Kier molecular flexibility index (Phi) is 6.77. The Labute approximate surface area is 198 Å². The zero-order valence-corrected chi connectivity index (χ0v) is 19.3. The molecular weight excluding hydrogens is 428 g/mol. The van der Waals surface area contributed by atoms with Gasteiger partial charge in [0.1, 0.15) is 0 Å². The highest BCUT2D eigenvalue weighted by molar-refractivity contribution is 6.00. The van der Waals surface area contributed by atoms with Gasteiger partial charge in [-0.3, -0.25) is 14.2 Å². The first-order valence-electron chi connectivity index (χ1n) is 11.4. The predicted molar refractivity (Wildman–Crippen MR) is 134 cm³/mol. The number of carboxylic acids is 1. The van der Waals surface area contributed by atoms with Gasteiger partial charge in [0.25, 0.3) is 0 Å². The van der Waals surface area contributed by atoms with Crippen LogP contribution in [0.4, 0.5) is 10.5 Å². The van der Waals surface area contributed by atoms with Crippen molar-refractivity contribution < 1.29 is 19.5 Å². The molecule has 34 heavy (non-hydrogen) atoms. The van der Waals surface area contributed by atoms with E-state index in [1.165, 1.54) is 0 Å². The standard InChI is InChI=1S/C28H28N2O4/c1-18(11-12-19(2)26(31)23-9-6-10-24(23)27(32)33)20-13-14-25-21(17-20)15-16-30(25)28(34)29-22-7-4-3-5-8-22/h3-5,7-8,11-17,23-24H,6,9-10H2,1-2H3,(H,29,34)(H,32,33). The van der Waals surface area contributed by atoms with Crippen molar-refractivity contribution in [1.82, 2.24) is 4.57 Å². The minimum atomic E-state index is -0.881. The molecule has 0 saturated heterocycles. The lowest BCUT2D eigenvalue weighted by Crippen LogP contribution is -2.25. The van der Waals surface area contributed by atoms with Gasteiger partial charge in [0.05, 0.1) is 11.4 Å². The average Bonchev–Trinajstić information content (AvgIpc) is 3.49. The SMILES string of the molecule is CC(=CC=C(C)c1ccc2c(ccn2C(=O)Nc2ccccc2)c1)C(=O)C1CCCC1C(=O)O. The Morgan fingerprint density at radius 1 is 0.971 bits per heavy atom. The molecule has 1 fully saturated rings. The number of nitrogens with one attached hydrogen (secondary N) is 1. The molecule has 2 unspecified atom stereocenters. The summed E-state index contributed by atoms with van der Waals surface area (Å²) >= 11 is 0. The van der Waals surface area contributed by atoms with Gasteiger partial charge in [-0.2, -0.15) is 0 Å².